The lowest BCUT2D eigenvalue weighted by Crippen LogP contribution is -2.00. The van der Waals surface area contributed by atoms with Crippen LogP contribution in [0.5, 0.6) is 5.75 Å². The Morgan fingerprint density at radius 3 is 2.56 bits per heavy atom. The molecule has 2 aromatic carbocycles. The zero-order valence-electron chi connectivity index (χ0n) is 10.0. The van der Waals surface area contributed by atoms with Crippen molar-refractivity contribution in [2.45, 2.75) is 13.5 Å². The molecule has 0 aromatic heterocycles. The van der Waals surface area contributed by atoms with Gasteiger partial charge in [0, 0.05) is 5.56 Å². The zero-order chi connectivity index (χ0) is 13.0. The SMILES string of the molecule is Cc1c(C=O)ccc(OCc2ccccc2)c1F. The summed E-state index contributed by atoms with van der Waals surface area (Å²) in [6.07, 6.45) is 0.638. The number of hydrogen-bond donors (Lipinski definition) is 0. The largest absolute Gasteiger partial charge is 0.486 e. The number of rotatable bonds is 4. The van der Waals surface area contributed by atoms with Crippen LogP contribution >= 0.6 is 0 Å². The molecule has 0 aliphatic heterocycles. The molecule has 0 amide bonds. The average molecular weight is 244 g/mol. The Kier molecular flexibility index (Phi) is 3.72. The van der Waals surface area contributed by atoms with E-state index in [1.807, 2.05) is 30.3 Å². The molecule has 92 valence electrons. The Labute approximate surface area is 105 Å². The number of ether oxygens (including phenoxy) is 1. The van der Waals surface area contributed by atoms with Gasteiger partial charge < -0.3 is 4.74 Å². The fourth-order valence-electron chi connectivity index (χ4n) is 1.65. The first-order chi connectivity index (χ1) is 8.72. The van der Waals surface area contributed by atoms with E-state index in [4.69, 9.17) is 4.74 Å². The molecule has 0 spiro atoms. The molecule has 0 heterocycles. The van der Waals surface area contributed by atoms with Crippen molar-refractivity contribution in [3.63, 3.8) is 0 Å². The van der Waals surface area contributed by atoms with Crippen LogP contribution in [0, 0.1) is 12.7 Å². The second-order valence-electron chi connectivity index (χ2n) is 3.98. The molecule has 18 heavy (non-hydrogen) atoms. The van der Waals surface area contributed by atoms with Crippen molar-refractivity contribution in [2.75, 3.05) is 0 Å². The van der Waals surface area contributed by atoms with Crippen LogP contribution in [-0.2, 0) is 6.61 Å². The molecule has 0 aliphatic carbocycles. The van der Waals surface area contributed by atoms with E-state index in [0.29, 0.717) is 24.0 Å². The maximum atomic E-state index is 13.9. The molecule has 0 saturated carbocycles. The molecule has 0 fully saturated rings. The van der Waals surface area contributed by atoms with Gasteiger partial charge in [0.25, 0.3) is 0 Å². The Morgan fingerprint density at radius 1 is 1.17 bits per heavy atom. The van der Waals surface area contributed by atoms with Gasteiger partial charge in [-0.1, -0.05) is 30.3 Å². The maximum absolute atomic E-state index is 13.9. The summed E-state index contributed by atoms with van der Waals surface area (Å²) in [7, 11) is 0. The smallest absolute Gasteiger partial charge is 0.168 e. The van der Waals surface area contributed by atoms with Crippen LogP contribution < -0.4 is 4.74 Å². The highest BCUT2D eigenvalue weighted by atomic mass is 19.1. The quantitative estimate of drug-likeness (QED) is 0.769. The highest BCUT2D eigenvalue weighted by Crippen LogP contribution is 2.23. The Morgan fingerprint density at radius 2 is 1.89 bits per heavy atom. The molecule has 2 rings (SSSR count). The molecule has 0 unspecified atom stereocenters. The molecule has 0 bridgehead atoms. The van der Waals surface area contributed by atoms with E-state index in [1.165, 1.54) is 6.07 Å². The fraction of sp³-hybridized carbons (Fsp3) is 0.133. The molecule has 3 heteroatoms. The molecular formula is C15H13FO2. The summed E-state index contributed by atoms with van der Waals surface area (Å²) >= 11 is 0. The van der Waals surface area contributed by atoms with E-state index in [-0.39, 0.29) is 5.75 Å². The summed E-state index contributed by atoms with van der Waals surface area (Å²) in [5.74, 6) is -0.308. The minimum atomic E-state index is -0.476. The Bertz CT molecular complexity index is 550. The van der Waals surface area contributed by atoms with Gasteiger partial charge >= 0.3 is 0 Å². The lowest BCUT2D eigenvalue weighted by Gasteiger charge is -2.09. The summed E-state index contributed by atoms with van der Waals surface area (Å²) in [6.45, 7) is 1.87. The van der Waals surface area contributed by atoms with E-state index < -0.39 is 5.82 Å². The molecular weight excluding hydrogens is 231 g/mol. The minimum absolute atomic E-state index is 0.168. The van der Waals surface area contributed by atoms with Crippen LogP contribution in [-0.4, -0.2) is 6.29 Å². The monoisotopic (exact) mass is 244 g/mol. The van der Waals surface area contributed by atoms with E-state index in [9.17, 15) is 9.18 Å². The second-order valence-corrected chi connectivity index (χ2v) is 3.98. The molecule has 2 aromatic rings. The average Bonchev–Trinajstić information content (AvgIpc) is 2.42. The summed E-state index contributed by atoms with van der Waals surface area (Å²) in [5.41, 5.74) is 1.63. The summed E-state index contributed by atoms with van der Waals surface area (Å²) in [5, 5.41) is 0. The maximum Gasteiger partial charge on any atom is 0.168 e. The molecule has 0 aliphatic rings. The Balaban J connectivity index is 2.15. The topological polar surface area (TPSA) is 26.3 Å². The van der Waals surface area contributed by atoms with Crippen molar-refractivity contribution in [1.82, 2.24) is 0 Å². The van der Waals surface area contributed by atoms with Crippen molar-refractivity contribution in [1.29, 1.82) is 0 Å². The normalized spacial score (nSPS) is 10.1. The predicted molar refractivity (Wildman–Crippen MR) is 67.3 cm³/mol. The highest BCUT2D eigenvalue weighted by molar-refractivity contribution is 5.77. The number of carbonyl (C=O) groups excluding carboxylic acids is 1. The molecule has 0 saturated heterocycles. The molecule has 0 radical (unpaired) electrons. The zero-order valence-corrected chi connectivity index (χ0v) is 10.0. The van der Waals surface area contributed by atoms with Gasteiger partial charge in [0.05, 0.1) is 0 Å². The number of benzene rings is 2. The highest BCUT2D eigenvalue weighted by Gasteiger charge is 2.10. The first-order valence-electron chi connectivity index (χ1n) is 5.63. The summed E-state index contributed by atoms with van der Waals surface area (Å²) < 4.78 is 19.3. The fourth-order valence-corrected chi connectivity index (χ4v) is 1.65. The van der Waals surface area contributed by atoms with Crippen LogP contribution in [0.4, 0.5) is 4.39 Å². The van der Waals surface area contributed by atoms with E-state index in [1.54, 1.807) is 13.0 Å². The van der Waals surface area contributed by atoms with Gasteiger partial charge in [-0.25, -0.2) is 4.39 Å². The van der Waals surface area contributed by atoms with Crippen molar-refractivity contribution in [3.8, 4) is 5.75 Å². The lowest BCUT2D eigenvalue weighted by molar-refractivity contribution is 0.112. The lowest BCUT2D eigenvalue weighted by atomic mass is 10.1. The predicted octanol–water partition coefficient (Wildman–Crippen LogP) is 3.53. The van der Waals surface area contributed by atoms with Crippen molar-refractivity contribution in [3.05, 3.63) is 65.0 Å². The third kappa shape index (κ3) is 2.56. The summed E-state index contributed by atoms with van der Waals surface area (Å²) in [6, 6.07) is 12.6. The van der Waals surface area contributed by atoms with Gasteiger partial charge in [0.1, 0.15) is 12.9 Å². The molecule has 0 atom stereocenters. The van der Waals surface area contributed by atoms with Crippen molar-refractivity contribution in [2.24, 2.45) is 0 Å². The van der Waals surface area contributed by atoms with Crippen LogP contribution in [0.25, 0.3) is 0 Å². The Hall–Kier alpha value is -2.16. The molecule has 0 N–H and O–H groups in total. The second kappa shape index (κ2) is 5.45. The van der Waals surface area contributed by atoms with Gasteiger partial charge in [-0.2, -0.15) is 0 Å². The number of carbonyl (C=O) groups is 1. The van der Waals surface area contributed by atoms with Crippen LogP contribution in [0.1, 0.15) is 21.5 Å². The van der Waals surface area contributed by atoms with Crippen molar-refractivity contribution >= 4 is 6.29 Å². The van der Waals surface area contributed by atoms with E-state index >= 15 is 0 Å². The van der Waals surface area contributed by atoms with Crippen LogP contribution in [0.3, 0.4) is 0 Å². The number of hydrogen-bond acceptors (Lipinski definition) is 2. The van der Waals surface area contributed by atoms with Gasteiger partial charge in [0.2, 0.25) is 0 Å². The minimum Gasteiger partial charge on any atom is -0.486 e. The third-order valence-corrected chi connectivity index (χ3v) is 2.76. The van der Waals surface area contributed by atoms with Gasteiger partial charge in [0.15, 0.2) is 11.6 Å². The molecule has 2 nitrogen and oxygen atoms in total. The summed E-state index contributed by atoms with van der Waals surface area (Å²) in [4.78, 5) is 10.7. The van der Waals surface area contributed by atoms with Gasteiger partial charge in [-0.15, -0.1) is 0 Å². The van der Waals surface area contributed by atoms with Gasteiger partial charge in [-0.3, -0.25) is 4.79 Å². The van der Waals surface area contributed by atoms with Crippen LogP contribution in [0.2, 0.25) is 0 Å². The number of halogens is 1. The number of aldehydes is 1. The first kappa shape index (κ1) is 12.3. The van der Waals surface area contributed by atoms with E-state index in [2.05, 4.69) is 0 Å². The third-order valence-electron chi connectivity index (χ3n) is 2.76. The van der Waals surface area contributed by atoms with Crippen molar-refractivity contribution < 1.29 is 13.9 Å². The van der Waals surface area contributed by atoms with Crippen LogP contribution in [0.15, 0.2) is 42.5 Å². The first-order valence-corrected chi connectivity index (χ1v) is 5.63. The van der Waals surface area contributed by atoms with Gasteiger partial charge in [-0.05, 0) is 30.2 Å². The standard InChI is InChI=1S/C15H13FO2/c1-11-13(9-17)7-8-14(15(11)16)18-10-12-5-3-2-4-6-12/h2-9H,10H2,1H3. The van der Waals surface area contributed by atoms with E-state index in [0.717, 1.165) is 5.56 Å².